The number of rotatable bonds is 1. The van der Waals surface area contributed by atoms with Gasteiger partial charge >= 0.3 is 0 Å². The molecule has 7 atom stereocenters. The van der Waals surface area contributed by atoms with Crippen molar-refractivity contribution in [1.29, 1.82) is 0 Å². The van der Waals surface area contributed by atoms with Gasteiger partial charge in [0.15, 0.2) is 0 Å². The molecule has 2 heteroatoms. The molecule has 3 saturated carbocycles. The molecule has 0 aromatic heterocycles. The minimum atomic E-state index is -0.336. The van der Waals surface area contributed by atoms with Gasteiger partial charge in [-0.15, -0.1) is 0 Å². The van der Waals surface area contributed by atoms with E-state index < -0.39 is 0 Å². The minimum Gasteiger partial charge on any atom is -0.396 e. The highest BCUT2D eigenvalue weighted by Crippen LogP contribution is 2.71. The van der Waals surface area contributed by atoms with Crippen LogP contribution >= 0.6 is 0 Å². The molecule has 0 saturated heterocycles. The molecular formula is C20H32O2. The summed E-state index contributed by atoms with van der Waals surface area (Å²) >= 11 is 0. The highest BCUT2D eigenvalue weighted by molar-refractivity contribution is 5.25. The summed E-state index contributed by atoms with van der Waals surface area (Å²) < 4.78 is 0. The number of aliphatic hydroxyl groups excluding tert-OH is 2. The molecule has 4 rings (SSSR count). The molecule has 0 aromatic carbocycles. The molecule has 4 aliphatic carbocycles. The fourth-order valence-electron chi connectivity index (χ4n) is 7.38. The standard InChI is InChI=1S/C20H32O2/c1-17-7-4-15-18(2)8-6-16(22)19(3,13-21)14(18)5-9-20(15,12-17)11-10-17/h10-11,14-16,21-22H,4-9,12-13H2,1-3H3/t14-,15-,16?,17+,18+,19-,20-/m0/s1. The second kappa shape index (κ2) is 4.39. The molecule has 22 heavy (non-hydrogen) atoms. The zero-order chi connectivity index (χ0) is 15.8. The first-order valence-electron chi connectivity index (χ1n) is 9.27. The summed E-state index contributed by atoms with van der Waals surface area (Å²) in [6.07, 6.45) is 13.2. The second-order valence-electron chi connectivity index (χ2n) is 9.80. The van der Waals surface area contributed by atoms with Gasteiger partial charge in [-0.05, 0) is 73.0 Å². The average Bonchev–Trinajstić information content (AvgIpc) is 2.73. The van der Waals surface area contributed by atoms with Gasteiger partial charge in [-0.2, -0.15) is 0 Å². The predicted octanol–water partition coefficient (Wildman–Crippen LogP) is 3.92. The van der Waals surface area contributed by atoms with E-state index in [0.717, 1.165) is 18.8 Å². The Morgan fingerprint density at radius 3 is 2.41 bits per heavy atom. The Hall–Kier alpha value is -0.340. The number of hydrogen-bond acceptors (Lipinski definition) is 2. The number of fused-ring (bicyclic) bond motifs is 3. The molecule has 124 valence electrons. The summed E-state index contributed by atoms with van der Waals surface area (Å²) in [6, 6.07) is 0. The highest BCUT2D eigenvalue weighted by Gasteiger charge is 2.64. The third kappa shape index (κ3) is 1.69. The number of aliphatic hydroxyl groups is 2. The van der Waals surface area contributed by atoms with Gasteiger partial charge < -0.3 is 10.2 Å². The number of allylic oxidation sites excluding steroid dienone is 2. The largest absolute Gasteiger partial charge is 0.396 e. The van der Waals surface area contributed by atoms with Crippen LogP contribution in [0.2, 0.25) is 0 Å². The quantitative estimate of drug-likeness (QED) is 0.721. The maximum Gasteiger partial charge on any atom is 0.0618 e. The fraction of sp³-hybridized carbons (Fsp3) is 0.900. The average molecular weight is 304 g/mol. The normalized spacial score (nSPS) is 60.0. The summed E-state index contributed by atoms with van der Waals surface area (Å²) in [7, 11) is 0. The lowest BCUT2D eigenvalue weighted by atomic mass is 9.40. The highest BCUT2D eigenvalue weighted by atomic mass is 16.3. The van der Waals surface area contributed by atoms with E-state index in [9.17, 15) is 10.2 Å². The van der Waals surface area contributed by atoms with Gasteiger partial charge in [-0.25, -0.2) is 0 Å². The monoisotopic (exact) mass is 304 g/mol. The van der Waals surface area contributed by atoms with Crippen molar-refractivity contribution in [2.45, 2.75) is 71.8 Å². The molecule has 2 bridgehead atoms. The predicted molar refractivity (Wildman–Crippen MR) is 88.3 cm³/mol. The van der Waals surface area contributed by atoms with Crippen molar-refractivity contribution in [1.82, 2.24) is 0 Å². The molecule has 1 spiro atoms. The molecule has 2 N–H and O–H groups in total. The van der Waals surface area contributed by atoms with E-state index >= 15 is 0 Å². The van der Waals surface area contributed by atoms with Crippen molar-refractivity contribution in [3.63, 3.8) is 0 Å². The van der Waals surface area contributed by atoms with Crippen LogP contribution in [-0.2, 0) is 0 Å². The van der Waals surface area contributed by atoms with Crippen molar-refractivity contribution in [3.05, 3.63) is 12.2 Å². The third-order valence-electron chi connectivity index (χ3n) is 8.59. The first-order valence-corrected chi connectivity index (χ1v) is 9.27. The summed E-state index contributed by atoms with van der Waals surface area (Å²) in [6.45, 7) is 7.18. The summed E-state index contributed by atoms with van der Waals surface area (Å²) in [5.74, 6) is 1.20. The van der Waals surface area contributed by atoms with Gasteiger partial charge in [0.25, 0.3) is 0 Å². The van der Waals surface area contributed by atoms with Gasteiger partial charge in [-0.1, -0.05) is 32.9 Å². The molecule has 0 aromatic rings. The molecule has 3 fully saturated rings. The van der Waals surface area contributed by atoms with Crippen LogP contribution < -0.4 is 0 Å². The third-order valence-corrected chi connectivity index (χ3v) is 8.59. The van der Waals surface area contributed by atoms with Crippen LogP contribution in [0, 0.1) is 33.5 Å². The van der Waals surface area contributed by atoms with Gasteiger partial charge in [0, 0.05) is 5.41 Å². The van der Waals surface area contributed by atoms with E-state index in [1.165, 1.54) is 32.1 Å². The van der Waals surface area contributed by atoms with Crippen LogP contribution in [0.3, 0.4) is 0 Å². The Morgan fingerprint density at radius 2 is 1.68 bits per heavy atom. The Bertz CT molecular complexity index is 514. The van der Waals surface area contributed by atoms with E-state index in [1.807, 2.05) is 0 Å². The molecular weight excluding hydrogens is 272 g/mol. The zero-order valence-corrected chi connectivity index (χ0v) is 14.4. The lowest BCUT2D eigenvalue weighted by Crippen LogP contribution is -2.61. The van der Waals surface area contributed by atoms with Crippen LogP contribution in [0.5, 0.6) is 0 Å². The molecule has 0 radical (unpaired) electrons. The molecule has 1 unspecified atom stereocenters. The first-order chi connectivity index (χ1) is 10.3. The van der Waals surface area contributed by atoms with E-state index in [-0.39, 0.29) is 23.5 Å². The van der Waals surface area contributed by atoms with Crippen molar-refractivity contribution >= 4 is 0 Å². The lowest BCUT2D eigenvalue weighted by molar-refractivity contribution is -0.194. The fourth-order valence-corrected chi connectivity index (χ4v) is 7.38. The summed E-state index contributed by atoms with van der Waals surface area (Å²) in [5, 5.41) is 20.6. The van der Waals surface area contributed by atoms with Crippen LogP contribution in [-0.4, -0.2) is 22.9 Å². The van der Waals surface area contributed by atoms with E-state index in [0.29, 0.717) is 16.7 Å². The van der Waals surface area contributed by atoms with Gasteiger partial charge in [0.05, 0.1) is 12.7 Å². The zero-order valence-electron chi connectivity index (χ0n) is 14.4. The van der Waals surface area contributed by atoms with E-state index in [1.54, 1.807) is 0 Å². The molecule has 0 heterocycles. The van der Waals surface area contributed by atoms with Gasteiger partial charge in [0.1, 0.15) is 0 Å². The van der Waals surface area contributed by atoms with Crippen LogP contribution in [0.25, 0.3) is 0 Å². The second-order valence-corrected chi connectivity index (χ2v) is 9.80. The maximum absolute atomic E-state index is 10.6. The van der Waals surface area contributed by atoms with Crippen molar-refractivity contribution < 1.29 is 10.2 Å². The molecule has 4 aliphatic rings. The Kier molecular flexibility index (Phi) is 3.03. The van der Waals surface area contributed by atoms with Crippen LogP contribution in [0.1, 0.15) is 65.7 Å². The van der Waals surface area contributed by atoms with E-state index in [4.69, 9.17) is 0 Å². The van der Waals surface area contributed by atoms with E-state index in [2.05, 4.69) is 32.9 Å². The van der Waals surface area contributed by atoms with Crippen LogP contribution in [0.15, 0.2) is 12.2 Å². The van der Waals surface area contributed by atoms with Crippen molar-refractivity contribution in [2.24, 2.45) is 33.5 Å². The SMILES string of the molecule is C[C@]12C=C[C@@]3(CC[C@H]4[C@@](C)(CCC(O)[C@@]4(C)CO)[C@@H]3CC1)C2. The molecule has 0 amide bonds. The molecule has 2 nitrogen and oxygen atoms in total. The Balaban J connectivity index is 1.74. The summed E-state index contributed by atoms with van der Waals surface area (Å²) in [5.41, 5.74) is 0.827. The number of hydrogen-bond donors (Lipinski definition) is 2. The van der Waals surface area contributed by atoms with Gasteiger partial charge in [-0.3, -0.25) is 0 Å². The molecule has 0 aliphatic heterocycles. The van der Waals surface area contributed by atoms with Crippen LogP contribution in [0.4, 0.5) is 0 Å². The topological polar surface area (TPSA) is 40.5 Å². The minimum absolute atomic E-state index is 0.127. The lowest BCUT2D eigenvalue weighted by Gasteiger charge is -2.65. The smallest absolute Gasteiger partial charge is 0.0618 e. The van der Waals surface area contributed by atoms with Crippen molar-refractivity contribution in [3.8, 4) is 0 Å². The Labute approximate surface area is 135 Å². The first kappa shape index (κ1) is 15.2. The Morgan fingerprint density at radius 1 is 0.955 bits per heavy atom. The maximum atomic E-state index is 10.6. The van der Waals surface area contributed by atoms with Crippen molar-refractivity contribution in [2.75, 3.05) is 6.61 Å². The van der Waals surface area contributed by atoms with Gasteiger partial charge in [0.2, 0.25) is 0 Å². The summed E-state index contributed by atoms with van der Waals surface area (Å²) in [4.78, 5) is 0.